The molecule has 2 aromatic carbocycles. The van der Waals surface area contributed by atoms with E-state index in [0.717, 1.165) is 14.5 Å². The van der Waals surface area contributed by atoms with Crippen LogP contribution in [0, 0.1) is 5.92 Å². The van der Waals surface area contributed by atoms with Crippen molar-refractivity contribution in [2.24, 2.45) is 5.92 Å². The SMILES string of the molecule is CC(C)CNC(=O)[C@@H](C)N(Cc1ccc(Br)cc1)C(=O)COc1ccc(C(C)C)cc1Br. The predicted octanol–water partition coefficient (Wildman–Crippen LogP) is 5.90. The van der Waals surface area contributed by atoms with Crippen LogP contribution in [0.3, 0.4) is 0 Å². The number of hydrogen-bond acceptors (Lipinski definition) is 3. The maximum absolute atomic E-state index is 13.2. The first-order valence-electron chi connectivity index (χ1n) is 10.8. The fourth-order valence-corrected chi connectivity index (χ4v) is 3.81. The van der Waals surface area contributed by atoms with Crippen LogP contribution in [0.15, 0.2) is 51.4 Å². The second-order valence-corrected chi connectivity index (χ2v) is 10.4. The summed E-state index contributed by atoms with van der Waals surface area (Å²) >= 11 is 6.96. The van der Waals surface area contributed by atoms with E-state index < -0.39 is 6.04 Å². The Kier molecular flexibility index (Phi) is 10.2. The summed E-state index contributed by atoms with van der Waals surface area (Å²) in [6.45, 7) is 10.8. The second kappa shape index (κ2) is 12.4. The lowest BCUT2D eigenvalue weighted by molar-refractivity contribution is -0.142. The van der Waals surface area contributed by atoms with E-state index in [1.807, 2.05) is 56.3 Å². The molecule has 0 spiro atoms. The number of nitrogens with zero attached hydrogens (tertiary/aromatic N) is 1. The van der Waals surface area contributed by atoms with E-state index in [0.29, 0.717) is 30.7 Å². The molecular weight excluding hydrogens is 536 g/mol. The molecule has 0 aliphatic rings. The molecule has 0 radical (unpaired) electrons. The molecule has 0 heterocycles. The molecule has 2 aromatic rings. The smallest absolute Gasteiger partial charge is 0.261 e. The molecule has 0 aliphatic carbocycles. The Morgan fingerprint density at radius 1 is 1.00 bits per heavy atom. The number of hydrogen-bond donors (Lipinski definition) is 1. The molecule has 0 unspecified atom stereocenters. The highest BCUT2D eigenvalue weighted by Gasteiger charge is 2.26. The van der Waals surface area contributed by atoms with Crippen LogP contribution in [0.1, 0.15) is 51.7 Å². The third-order valence-electron chi connectivity index (χ3n) is 5.09. The molecule has 2 rings (SSSR count). The number of carbonyl (C=O) groups is 2. The van der Waals surface area contributed by atoms with Gasteiger partial charge < -0.3 is 15.0 Å². The molecule has 5 nitrogen and oxygen atoms in total. The Morgan fingerprint density at radius 3 is 2.22 bits per heavy atom. The predicted molar refractivity (Wildman–Crippen MR) is 136 cm³/mol. The molecule has 1 N–H and O–H groups in total. The zero-order valence-electron chi connectivity index (χ0n) is 19.3. The molecule has 0 fully saturated rings. The number of rotatable bonds is 10. The summed E-state index contributed by atoms with van der Waals surface area (Å²) in [5.41, 5.74) is 2.12. The van der Waals surface area contributed by atoms with Crippen molar-refractivity contribution < 1.29 is 14.3 Å². The van der Waals surface area contributed by atoms with Crippen molar-refractivity contribution in [2.75, 3.05) is 13.2 Å². The van der Waals surface area contributed by atoms with Crippen LogP contribution in [0.2, 0.25) is 0 Å². The van der Waals surface area contributed by atoms with E-state index in [2.05, 4.69) is 51.0 Å². The van der Waals surface area contributed by atoms with Gasteiger partial charge in [-0.05, 0) is 70.1 Å². The van der Waals surface area contributed by atoms with Gasteiger partial charge in [-0.15, -0.1) is 0 Å². The third kappa shape index (κ3) is 7.93. The van der Waals surface area contributed by atoms with Gasteiger partial charge in [0.05, 0.1) is 4.47 Å². The standard InChI is InChI=1S/C25H32Br2N2O3/c1-16(2)13-28-25(31)18(5)29(14-19-6-9-21(26)10-7-19)24(30)15-32-23-11-8-20(17(3)4)12-22(23)27/h6-12,16-18H,13-15H2,1-5H3,(H,28,31)/t18-/m1/s1. The van der Waals surface area contributed by atoms with E-state index in [1.54, 1.807) is 11.8 Å². The fourth-order valence-electron chi connectivity index (χ4n) is 3.04. The minimum absolute atomic E-state index is 0.155. The summed E-state index contributed by atoms with van der Waals surface area (Å²) < 4.78 is 7.58. The maximum atomic E-state index is 13.2. The summed E-state index contributed by atoms with van der Waals surface area (Å²) in [5.74, 6) is 0.902. The van der Waals surface area contributed by atoms with Crippen LogP contribution in [-0.4, -0.2) is 35.9 Å². The molecule has 0 aromatic heterocycles. The molecular formula is C25H32Br2N2O3. The first-order valence-corrected chi connectivity index (χ1v) is 12.4. The van der Waals surface area contributed by atoms with Crippen molar-refractivity contribution in [2.45, 2.75) is 53.1 Å². The Bertz CT molecular complexity index is 914. The zero-order chi connectivity index (χ0) is 23.8. The highest BCUT2D eigenvalue weighted by molar-refractivity contribution is 9.10. The van der Waals surface area contributed by atoms with Crippen LogP contribution in [0.5, 0.6) is 5.75 Å². The van der Waals surface area contributed by atoms with Crippen LogP contribution >= 0.6 is 31.9 Å². The van der Waals surface area contributed by atoms with E-state index in [9.17, 15) is 9.59 Å². The van der Waals surface area contributed by atoms with Crippen LogP contribution in [0.4, 0.5) is 0 Å². The second-order valence-electron chi connectivity index (χ2n) is 8.60. The van der Waals surface area contributed by atoms with Crippen molar-refractivity contribution in [3.05, 3.63) is 62.5 Å². The fraction of sp³-hybridized carbons (Fsp3) is 0.440. The van der Waals surface area contributed by atoms with Gasteiger partial charge in [0.15, 0.2) is 6.61 Å². The van der Waals surface area contributed by atoms with Gasteiger partial charge in [-0.1, -0.05) is 61.8 Å². The Morgan fingerprint density at radius 2 is 1.66 bits per heavy atom. The van der Waals surface area contributed by atoms with Gasteiger partial charge >= 0.3 is 0 Å². The van der Waals surface area contributed by atoms with Gasteiger partial charge in [-0.25, -0.2) is 0 Å². The highest BCUT2D eigenvalue weighted by atomic mass is 79.9. The summed E-state index contributed by atoms with van der Waals surface area (Å²) in [6.07, 6.45) is 0. The number of amides is 2. The Balaban J connectivity index is 2.15. The van der Waals surface area contributed by atoms with E-state index >= 15 is 0 Å². The van der Waals surface area contributed by atoms with Gasteiger partial charge in [0.25, 0.3) is 5.91 Å². The molecule has 0 aliphatic heterocycles. The number of halogens is 2. The van der Waals surface area contributed by atoms with Gasteiger partial charge in [-0.2, -0.15) is 0 Å². The minimum atomic E-state index is -0.625. The van der Waals surface area contributed by atoms with E-state index in [1.165, 1.54) is 5.56 Å². The van der Waals surface area contributed by atoms with Crippen molar-refractivity contribution in [1.82, 2.24) is 10.2 Å². The summed E-state index contributed by atoms with van der Waals surface area (Å²) in [7, 11) is 0. The van der Waals surface area contributed by atoms with Crippen LogP contribution in [0.25, 0.3) is 0 Å². The molecule has 2 amide bonds. The molecule has 1 atom stereocenters. The molecule has 0 saturated carbocycles. The monoisotopic (exact) mass is 566 g/mol. The molecule has 7 heteroatoms. The van der Waals surface area contributed by atoms with Crippen molar-refractivity contribution in [3.63, 3.8) is 0 Å². The van der Waals surface area contributed by atoms with Crippen molar-refractivity contribution in [3.8, 4) is 5.75 Å². The first-order chi connectivity index (χ1) is 15.1. The molecule has 174 valence electrons. The quantitative estimate of drug-likeness (QED) is 0.388. The van der Waals surface area contributed by atoms with Gasteiger partial charge in [0, 0.05) is 17.6 Å². The minimum Gasteiger partial charge on any atom is -0.483 e. The number of ether oxygens (including phenoxy) is 1. The molecule has 0 bridgehead atoms. The van der Waals surface area contributed by atoms with Gasteiger partial charge in [-0.3, -0.25) is 9.59 Å². The lowest BCUT2D eigenvalue weighted by Crippen LogP contribution is -2.49. The first kappa shape index (κ1) is 26.4. The lowest BCUT2D eigenvalue weighted by Gasteiger charge is -2.29. The van der Waals surface area contributed by atoms with Crippen LogP contribution < -0.4 is 10.1 Å². The van der Waals surface area contributed by atoms with Crippen molar-refractivity contribution >= 4 is 43.7 Å². The van der Waals surface area contributed by atoms with Crippen molar-refractivity contribution in [1.29, 1.82) is 0 Å². The summed E-state index contributed by atoms with van der Waals surface area (Å²) in [6, 6.07) is 13.0. The third-order valence-corrected chi connectivity index (χ3v) is 6.24. The van der Waals surface area contributed by atoms with E-state index in [4.69, 9.17) is 4.74 Å². The van der Waals surface area contributed by atoms with Gasteiger partial charge in [0.2, 0.25) is 5.91 Å². The number of carbonyl (C=O) groups excluding carboxylic acids is 2. The number of nitrogens with one attached hydrogen (secondary N) is 1. The maximum Gasteiger partial charge on any atom is 0.261 e. The average molecular weight is 568 g/mol. The molecule has 0 saturated heterocycles. The largest absolute Gasteiger partial charge is 0.483 e. The normalized spacial score (nSPS) is 12.0. The number of benzene rings is 2. The summed E-state index contributed by atoms with van der Waals surface area (Å²) in [5, 5.41) is 2.92. The van der Waals surface area contributed by atoms with E-state index in [-0.39, 0.29) is 18.4 Å². The van der Waals surface area contributed by atoms with Crippen LogP contribution in [-0.2, 0) is 16.1 Å². The Hall–Kier alpha value is -1.86. The topological polar surface area (TPSA) is 58.6 Å². The lowest BCUT2D eigenvalue weighted by atomic mass is 10.0. The zero-order valence-corrected chi connectivity index (χ0v) is 22.5. The molecule has 32 heavy (non-hydrogen) atoms. The van der Waals surface area contributed by atoms with Gasteiger partial charge in [0.1, 0.15) is 11.8 Å². The summed E-state index contributed by atoms with van der Waals surface area (Å²) in [4.78, 5) is 27.4. The Labute approximate surface area is 208 Å². The average Bonchev–Trinajstić information content (AvgIpc) is 2.75. The highest BCUT2D eigenvalue weighted by Crippen LogP contribution is 2.29.